The van der Waals surface area contributed by atoms with Gasteiger partial charge in [0.1, 0.15) is 11.6 Å². The molecular weight excluding hydrogens is 461 g/mol. The molecule has 0 unspecified atom stereocenters. The third-order valence-corrected chi connectivity index (χ3v) is 5.95. The summed E-state index contributed by atoms with van der Waals surface area (Å²) in [4.78, 5) is 24.1. The van der Waals surface area contributed by atoms with Crippen molar-refractivity contribution in [2.45, 2.75) is 13.5 Å². The summed E-state index contributed by atoms with van der Waals surface area (Å²) < 4.78 is 44.8. The van der Waals surface area contributed by atoms with E-state index in [1.165, 1.54) is 44.4 Å². The first kappa shape index (κ1) is 24.7. The van der Waals surface area contributed by atoms with Crippen LogP contribution in [0, 0.1) is 5.82 Å². The maximum Gasteiger partial charge on any atom is 0.255 e. The molecule has 0 aliphatic heterocycles. The number of rotatable bonds is 8. The highest BCUT2D eigenvalue weighted by Crippen LogP contribution is 2.27. The summed E-state index contributed by atoms with van der Waals surface area (Å²) in [7, 11) is -2.29. The summed E-state index contributed by atoms with van der Waals surface area (Å²) in [6.45, 7) is 1.25. The van der Waals surface area contributed by atoms with Crippen LogP contribution in [0.3, 0.4) is 0 Å². The number of sulfonamides is 1. The zero-order valence-electron chi connectivity index (χ0n) is 18.8. The van der Waals surface area contributed by atoms with E-state index in [-0.39, 0.29) is 23.7 Å². The standard InChI is InChI=1S/C24H24FN3O5S/c1-16(29)26-20-5-4-6-21(14-20)27-24(30)17-7-12-23(33-2)18(13-17)15-28(34(3,31)32)22-10-8-19(25)9-11-22/h4-14H,15H2,1-3H3,(H,26,29)(H,27,30). The number of anilines is 3. The van der Waals surface area contributed by atoms with Crippen LogP contribution in [0.25, 0.3) is 0 Å². The summed E-state index contributed by atoms with van der Waals surface area (Å²) in [5.41, 5.74) is 1.99. The molecule has 3 aromatic rings. The highest BCUT2D eigenvalue weighted by Gasteiger charge is 2.21. The van der Waals surface area contributed by atoms with Crippen molar-refractivity contribution in [2.75, 3.05) is 28.3 Å². The Labute approximate surface area is 197 Å². The van der Waals surface area contributed by atoms with Crippen molar-refractivity contribution in [3.05, 3.63) is 83.7 Å². The van der Waals surface area contributed by atoms with Crippen LogP contribution in [0.5, 0.6) is 5.75 Å². The van der Waals surface area contributed by atoms with Crippen LogP contribution < -0.4 is 19.7 Å². The molecule has 2 amide bonds. The van der Waals surface area contributed by atoms with Crippen molar-refractivity contribution in [3.8, 4) is 5.75 Å². The van der Waals surface area contributed by atoms with Crippen LogP contribution in [0.4, 0.5) is 21.5 Å². The number of hydrogen-bond acceptors (Lipinski definition) is 5. The molecular formula is C24H24FN3O5S. The van der Waals surface area contributed by atoms with E-state index >= 15 is 0 Å². The van der Waals surface area contributed by atoms with Crippen molar-refractivity contribution in [1.29, 1.82) is 0 Å². The molecule has 0 radical (unpaired) electrons. The van der Waals surface area contributed by atoms with Gasteiger partial charge in [0.25, 0.3) is 5.91 Å². The summed E-state index contributed by atoms with van der Waals surface area (Å²) in [5.74, 6) is -0.771. The molecule has 3 rings (SSSR count). The van der Waals surface area contributed by atoms with Crippen LogP contribution >= 0.6 is 0 Å². The van der Waals surface area contributed by atoms with E-state index in [0.29, 0.717) is 22.7 Å². The lowest BCUT2D eigenvalue weighted by Crippen LogP contribution is -2.29. The van der Waals surface area contributed by atoms with Crippen LogP contribution in [0.2, 0.25) is 0 Å². The zero-order chi connectivity index (χ0) is 24.9. The topological polar surface area (TPSA) is 105 Å². The van der Waals surface area contributed by atoms with E-state index in [1.54, 1.807) is 36.4 Å². The molecule has 0 saturated carbocycles. The number of hydrogen-bond donors (Lipinski definition) is 2. The lowest BCUT2D eigenvalue weighted by Gasteiger charge is -2.24. The second-order valence-corrected chi connectivity index (χ2v) is 9.40. The molecule has 0 heterocycles. The largest absolute Gasteiger partial charge is 0.496 e. The predicted molar refractivity (Wildman–Crippen MR) is 129 cm³/mol. The molecule has 2 N–H and O–H groups in total. The van der Waals surface area contributed by atoms with Gasteiger partial charge < -0.3 is 15.4 Å². The Kier molecular flexibility index (Phi) is 7.52. The lowest BCUT2D eigenvalue weighted by atomic mass is 10.1. The number of carbonyl (C=O) groups excluding carboxylic acids is 2. The lowest BCUT2D eigenvalue weighted by molar-refractivity contribution is -0.114. The molecule has 10 heteroatoms. The Morgan fingerprint density at radius 2 is 1.62 bits per heavy atom. The molecule has 0 saturated heterocycles. The van der Waals surface area contributed by atoms with E-state index in [2.05, 4.69) is 10.6 Å². The van der Waals surface area contributed by atoms with Crippen molar-refractivity contribution in [3.63, 3.8) is 0 Å². The van der Waals surface area contributed by atoms with Gasteiger partial charge in [-0.2, -0.15) is 0 Å². The van der Waals surface area contributed by atoms with Crippen LogP contribution in [0.1, 0.15) is 22.8 Å². The number of nitrogens with zero attached hydrogens (tertiary/aromatic N) is 1. The highest BCUT2D eigenvalue weighted by molar-refractivity contribution is 7.92. The second kappa shape index (κ2) is 10.3. The van der Waals surface area contributed by atoms with E-state index in [4.69, 9.17) is 4.74 Å². The van der Waals surface area contributed by atoms with Gasteiger partial charge in [-0.15, -0.1) is 0 Å². The Bertz CT molecular complexity index is 1310. The SMILES string of the molecule is COc1ccc(C(=O)Nc2cccc(NC(C)=O)c2)cc1CN(c1ccc(F)cc1)S(C)(=O)=O. The zero-order valence-corrected chi connectivity index (χ0v) is 19.6. The van der Waals surface area contributed by atoms with E-state index < -0.39 is 21.7 Å². The fourth-order valence-corrected chi connectivity index (χ4v) is 4.16. The summed E-state index contributed by atoms with van der Waals surface area (Å²) >= 11 is 0. The van der Waals surface area contributed by atoms with Gasteiger partial charge in [-0.1, -0.05) is 6.07 Å². The van der Waals surface area contributed by atoms with Crippen LogP contribution in [-0.4, -0.2) is 33.6 Å². The molecule has 178 valence electrons. The summed E-state index contributed by atoms with van der Waals surface area (Å²) in [6, 6.07) is 16.4. The van der Waals surface area contributed by atoms with Gasteiger partial charge >= 0.3 is 0 Å². The van der Waals surface area contributed by atoms with Crippen molar-refractivity contribution >= 4 is 38.9 Å². The molecule has 0 aliphatic carbocycles. The number of methoxy groups -OCH3 is 1. The van der Waals surface area contributed by atoms with E-state index in [1.807, 2.05) is 0 Å². The number of benzene rings is 3. The van der Waals surface area contributed by atoms with Crippen LogP contribution in [0.15, 0.2) is 66.7 Å². The molecule has 0 bridgehead atoms. The molecule has 0 aliphatic rings. The highest BCUT2D eigenvalue weighted by atomic mass is 32.2. The third kappa shape index (κ3) is 6.32. The predicted octanol–water partition coefficient (Wildman–Crippen LogP) is 4.01. The first-order valence-electron chi connectivity index (χ1n) is 10.2. The van der Waals surface area contributed by atoms with E-state index in [0.717, 1.165) is 10.6 Å². The normalized spacial score (nSPS) is 10.9. The first-order chi connectivity index (χ1) is 16.1. The molecule has 0 atom stereocenters. The maximum atomic E-state index is 13.3. The average molecular weight is 486 g/mol. The minimum absolute atomic E-state index is 0.132. The minimum Gasteiger partial charge on any atom is -0.496 e. The third-order valence-electron chi connectivity index (χ3n) is 4.81. The number of ether oxygens (including phenoxy) is 1. The quantitative estimate of drug-likeness (QED) is 0.502. The number of halogens is 1. The van der Waals surface area contributed by atoms with Gasteiger partial charge in [0, 0.05) is 29.4 Å². The second-order valence-electron chi connectivity index (χ2n) is 7.49. The van der Waals surface area contributed by atoms with Crippen molar-refractivity contribution in [1.82, 2.24) is 0 Å². The Morgan fingerprint density at radius 1 is 0.971 bits per heavy atom. The molecule has 3 aromatic carbocycles. The van der Waals surface area contributed by atoms with Crippen molar-refractivity contribution < 1.29 is 27.1 Å². The molecule has 34 heavy (non-hydrogen) atoms. The smallest absolute Gasteiger partial charge is 0.255 e. The summed E-state index contributed by atoms with van der Waals surface area (Å²) in [5, 5.41) is 5.40. The maximum absolute atomic E-state index is 13.3. The van der Waals surface area contributed by atoms with Crippen molar-refractivity contribution in [2.24, 2.45) is 0 Å². The molecule has 8 nitrogen and oxygen atoms in total. The monoisotopic (exact) mass is 485 g/mol. The van der Waals surface area contributed by atoms with Gasteiger partial charge in [-0.25, -0.2) is 12.8 Å². The molecule has 0 aromatic heterocycles. The first-order valence-corrected chi connectivity index (χ1v) is 12.0. The van der Waals surface area contributed by atoms with Gasteiger partial charge in [0.15, 0.2) is 0 Å². The molecule has 0 fully saturated rings. The molecule has 0 spiro atoms. The average Bonchev–Trinajstić information content (AvgIpc) is 2.77. The minimum atomic E-state index is -3.73. The fourth-order valence-electron chi connectivity index (χ4n) is 3.29. The van der Waals surface area contributed by atoms with Gasteiger partial charge in [-0.05, 0) is 60.7 Å². The van der Waals surface area contributed by atoms with Gasteiger partial charge in [0.05, 0.1) is 25.6 Å². The number of nitrogens with one attached hydrogen (secondary N) is 2. The summed E-state index contributed by atoms with van der Waals surface area (Å²) in [6.07, 6.45) is 1.04. The van der Waals surface area contributed by atoms with Gasteiger partial charge in [-0.3, -0.25) is 13.9 Å². The van der Waals surface area contributed by atoms with Crippen LogP contribution in [-0.2, 0) is 21.4 Å². The number of carbonyl (C=O) groups is 2. The Balaban J connectivity index is 1.89. The fraction of sp³-hybridized carbons (Fsp3) is 0.167. The van der Waals surface area contributed by atoms with Gasteiger partial charge in [0.2, 0.25) is 15.9 Å². The number of amides is 2. The Hall–Kier alpha value is -3.92. The van der Waals surface area contributed by atoms with E-state index in [9.17, 15) is 22.4 Å². The Morgan fingerprint density at radius 3 is 2.21 bits per heavy atom.